The lowest BCUT2D eigenvalue weighted by Crippen LogP contribution is -2.06. The highest BCUT2D eigenvalue weighted by atomic mass is 35.5. The molecule has 0 saturated heterocycles. The van der Waals surface area contributed by atoms with Crippen molar-refractivity contribution in [3.05, 3.63) is 34.3 Å². The first-order valence-electron chi connectivity index (χ1n) is 4.11. The molecule has 0 atom stereocenters. The Kier molecular flexibility index (Phi) is 1.67. The van der Waals surface area contributed by atoms with Gasteiger partial charge in [0, 0.05) is 5.02 Å². The van der Waals surface area contributed by atoms with Crippen LogP contribution in [0.4, 0.5) is 0 Å². The molecule has 64 valence electrons. The van der Waals surface area contributed by atoms with Crippen molar-refractivity contribution in [2.45, 2.75) is 25.4 Å². The van der Waals surface area contributed by atoms with Gasteiger partial charge in [-0.15, -0.1) is 0 Å². The average molecular weight is 183 g/mol. The van der Waals surface area contributed by atoms with Crippen LogP contribution >= 0.6 is 11.6 Å². The molecule has 1 aliphatic carbocycles. The van der Waals surface area contributed by atoms with Crippen LogP contribution in [0.5, 0.6) is 0 Å². The van der Waals surface area contributed by atoms with E-state index in [4.69, 9.17) is 11.6 Å². The number of benzene rings is 1. The van der Waals surface area contributed by atoms with E-state index in [2.05, 4.69) is 0 Å². The molecule has 1 saturated carbocycles. The van der Waals surface area contributed by atoms with Crippen LogP contribution in [-0.4, -0.2) is 5.11 Å². The Labute approximate surface area is 77.0 Å². The summed E-state index contributed by atoms with van der Waals surface area (Å²) in [7, 11) is 0. The lowest BCUT2D eigenvalue weighted by molar-refractivity contribution is 0.151. The number of aliphatic hydroxyl groups is 1. The van der Waals surface area contributed by atoms with Gasteiger partial charge in [0.05, 0.1) is 5.60 Å². The first kappa shape index (κ1) is 8.09. The molecule has 0 radical (unpaired) electrons. The van der Waals surface area contributed by atoms with Gasteiger partial charge in [0.15, 0.2) is 0 Å². The Bertz CT molecular complexity index is 316. The Morgan fingerprint density at radius 2 is 2.08 bits per heavy atom. The first-order valence-corrected chi connectivity index (χ1v) is 4.49. The summed E-state index contributed by atoms with van der Waals surface area (Å²) in [6.45, 7) is 1.95. The molecule has 2 heteroatoms. The van der Waals surface area contributed by atoms with Crippen LogP contribution in [0.2, 0.25) is 5.02 Å². The second-order valence-electron chi connectivity index (χ2n) is 3.44. The predicted molar refractivity (Wildman–Crippen MR) is 49.3 cm³/mol. The van der Waals surface area contributed by atoms with Gasteiger partial charge in [0.2, 0.25) is 0 Å². The quantitative estimate of drug-likeness (QED) is 0.708. The topological polar surface area (TPSA) is 20.2 Å². The van der Waals surface area contributed by atoms with Gasteiger partial charge in [-0.3, -0.25) is 0 Å². The maximum absolute atomic E-state index is 9.85. The minimum atomic E-state index is -0.561. The molecular weight excluding hydrogens is 172 g/mol. The second-order valence-corrected chi connectivity index (χ2v) is 3.85. The van der Waals surface area contributed by atoms with E-state index < -0.39 is 5.60 Å². The van der Waals surface area contributed by atoms with Crippen molar-refractivity contribution in [2.24, 2.45) is 0 Å². The molecule has 0 unspecified atom stereocenters. The minimum Gasteiger partial charge on any atom is -0.385 e. The van der Waals surface area contributed by atoms with E-state index in [0.717, 1.165) is 29.0 Å². The van der Waals surface area contributed by atoms with Crippen LogP contribution in [0.1, 0.15) is 24.0 Å². The zero-order chi connectivity index (χ0) is 8.77. The molecule has 1 aromatic rings. The van der Waals surface area contributed by atoms with E-state index in [-0.39, 0.29) is 0 Å². The standard InChI is InChI=1S/C10H11ClO/c1-7-8(10(12)5-6-10)3-2-4-9(7)11/h2-4,12H,5-6H2,1H3. The van der Waals surface area contributed by atoms with E-state index in [1.165, 1.54) is 0 Å². The summed E-state index contributed by atoms with van der Waals surface area (Å²) < 4.78 is 0. The normalized spacial score (nSPS) is 19.2. The van der Waals surface area contributed by atoms with Crippen LogP contribution in [0.25, 0.3) is 0 Å². The molecule has 1 aromatic carbocycles. The molecule has 1 nitrogen and oxygen atoms in total. The highest BCUT2D eigenvalue weighted by molar-refractivity contribution is 6.31. The van der Waals surface area contributed by atoms with E-state index in [1.54, 1.807) is 0 Å². The van der Waals surface area contributed by atoms with Gasteiger partial charge in [-0.2, -0.15) is 0 Å². The monoisotopic (exact) mass is 182 g/mol. The first-order chi connectivity index (χ1) is 5.63. The van der Waals surface area contributed by atoms with E-state index >= 15 is 0 Å². The van der Waals surface area contributed by atoms with Crippen molar-refractivity contribution in [3.8, 4) is 0 Å². The summed E-state index contributed by atoms with van der Waals surface area (Å²) in [5.74, 6) is 0. The molecule has 0 bridgehead atoms. The Morgan fingerprint density at radius 1 is 1.42 bits per heavy atom. The van der Waals surface area contributed by atoms with Gasteiger partial charge in [-0.25, -0.2) is 0 Å². The van der Waals surface area contributed by atoms with Gasteiger partial charge in [-0.05, 0) is 37.0 Å². The summed E-state index contributed by atoms with van der Waals surface area (Å²) in [5, 5.41) is 10.6. The van der Waals surface area contributed by atoms with Crippen LogP contribution in [-0.2, 0) is 5.60 Å². The molecule has 0 aromatic heterocycles. The number of hydrogen-bond donors (Lipinski definition) is 1. The third-order valence-corrected chi connectivity index (χ3v) is 2.90. The number of rotatable bonds is 1. The molecular formula is C10H11ClO. The molecule has 0 heterocycles. The predicted octanol–water partition coefficient (Wildman–Crippen LogP) is 2.63. The van der Waals surface area contributed by atoms with Crippen molar-refractivity contribution in [1.29, 1.82) is 0 Å². The lowest BCUT2D eigenvalue weighted by Gasteiger charge is -2.12. The van der Waals surface area contributed by atoms with Crippen LogP contribution in [0.15, 0.2) is 18.2 Å². The molecule has 0 aliphatic heterocycles. The van der Waals surface area contributed by atoms with E-state index in [0.29, 0.717) is 0 Å². The SMILES string of the molecule is Cc1c(Cl)cccc1C1(O)CC1. The van der Waals surface area contributed by atoms with Gasteiger partial charge >= 0.3 is 0 Å². The Hall–Kier alpha value is -0.530. The molecule has 12 heavy (non-hydrogen) atoms. The summed E-state index contributed by atoms with van der Waals surface area (Å²) >= 11 is 5.94. The average Bonchev–Trinajstić information content (AvgIpc) is 2.75. The highest BCUT2D eigenvalue weighted by Crippen LogP contribution is 2.47. The number of halogens is 1. The Morgan fingerprint density at radius 3 is 2.67 bits per heavy atom. The van der Waals surface area contributed by atoms with E-state index in [9.17, 15) is 5.11 Å². The third-order valence-electron chi connectivity index (χ3n) is 2.49. The van der Waals surface area contributed by atoms with Crippen LogP contribution in [0.3, 0.4) is 0 Å². The zero-order valence-electron chi connectivity index (χ0n) is 6.97. The van der Waals surface area contributed by atoms with Crippen molar-refractivity contribution >= 4 is 11.6 Å². The molecule has 1 fully saturated rings. The summed E-state index contributed by atoms with van der Waals surface area (Å²) in [4.78, 5) is 0. The fourth-order valence-corrected chi connectivity index (χ4v) is 1.67. The Balaban J connectivity index is 2.51. The van der Waals surface area contributed by atoms with Crippen molar-refractivity contribution in [1.82, 2.24) is 0 Å². The fraction of sp³-hybridized carbons (Fsp3) is 0.400. The lowest BCUT2D eigenvalue weighted by atomic mass is 10.0. The molecule has 0 spiro atoms. The van der Waals surface area contributed by atoms with Crippen LogP contribution < -0.4 is 0 Å². The molecule has 0 amide bonds. The molecule has 1 aliphatic rings. The number of hydrogen-bond acceptors (Lipinski definition) is 1. The minimum absolute atomic E-state index is 0.561. The van der Waals surface area contributed by atoms with Gasteiger partial charge in [-0.1, -0.05) is 23.7 Å². The van der Waals surface area contributed by atoms with Gasteiger partial charge in [0.25, 0.3) is 0 Å². The maximum Gasteiger partial charge on any atom is 0.0902 e. The summed E-state index contributed by atoms with van der Waals surface area (Å²) in [5.41, 5.74) is 1.45. The molecule has 2 rings (SSSR count). The fourth-order valence-electron chi connectivity index (χ4n) is 1.50. The van der Waals surface area contributed by atoms with Gasteiger partial charge in [0.1, 0.15) is 0 Å². The maximum atomic E-state index is 9.85. The van der Waals surface area contributed by atoms with E-state index in [1.807, 2.05) is 25.1 Å². The van der Waals surface area contributed by atoms with Gasteiger partial charge < -0.3 is 5.11 Å². The van der Waals surface area contributed by atoms with Crippen molar-refractivity contribution in [3.63, 3.8) is 0 Å². The van der Waals surface area contributed by atoms with Crippen LogP contribution in [0, 0.1) is 6.92 Å². The highest BCUT2D eigenvalue weighted by Gasteiger charge is 2.43. The largest absolute Gasteiger partial charge is 0.385 e. The third kappa shape index (κ3) is 1.13. The van der Waals surface area contributed by atoms with Crippen molar-refractivity contribution < 1.29 is 5.11 Å². The zero-order valence-corrected chi connectivity index (χ0v) is 7.73. The summed E-state index contributed by atoms with van der Waals surface area (Å²) in [6.07, 6.45) is 1.74. The smallest absolute Gasteiger partial charge is 0.0902 e. The van der Waals surface area contributed by atoms with Crippen molar-refractivity contribution in [2.75, 3.05) is 0 Å². The molecule has 1 N–H and O–H groups in total. The summed E-state index contributed by atoms with van der Waals surface area (Å²) in [6, 6.07) is 5.70. The second kappa shape index (κ2) is 2.48.